The van der Waals surface area contributed by atoms with Crippen LogP contribution in [0, 0.1) is 18.6 Å². The molecule has 0 aliphatic rings. The van der Waals surface area contributed by atoms with Gasteiger partial charge in [-0.05, 0) is 12.5 Å². The van der Waals surface area contributed by atoms with Crippen LogP contribution in [-0.4, -0.2) is 4.98 Å². The second kappa shape index (κ2) is 4.01. The van der Waals surface area contributed by atoms with Crippen LogP contribution in [0.4, 0.5) is 20.2 Å². The summed E-state index contributed by atoms with van der Waals surface area (Å²) in [4.78, 5) is 3.82. The first-order valence-electron chi connectivity index (χ1n) is 4.96. The monoisotopic (exact) mass is 235 g/mol. The predicted octanol–water partition coefficient (Wildman–Crippen LogP) is 2.50. The third-order valence-corrected chi connectivity index (χ3v) is 2.58. The summed E-state index contributed by atoms with van der Waals surface area (Å²) in [5.74, 6) is -1.83. The van der Waals surface area contributed by atoms with Crippen molar-refractivity contribution in [2.24, 2.45) is 0 Å². The highest BCUT2D eigenvalue weighted by atomic mass is 19.2. The molecule has 0 saturated heterocycles. The molecule has 0 unspecified atom stereocenters. The fraction of sp³-hybridized carbons (Fsp3) is 0.0833. The number of rotatable bonds is 1. The molecule has 1 heterocycles. The van der Waals surface area contributed by atoms with Crippen LogP contribution in [0.5, 0.6) is 0 Å². The summed E-state index contributed by atoms with van der Waals surface area (Å²) in [5.41, 5.74) is 12.3. The topological polar surface area (TPSA) is 64.9 Å². The molecule has 0 radical (unpaired) electrons. The lowest BCUT2D eigenvalue weighted by atomic mass is 10.0. The molecule has 0 spiro atoms. The van der Waals surface area contributed by atoms with Gasteiger partial charge in [-0.15, -0.1) is 0 Å². The lowest BCUT2D eigenvalue weighted by Gasteiger charge is -2.09. The summed E-state index contributed by atoms with van der Waals surface area (Å²) in [6.45, 7) is 1.49. The van der Waals surface area contributed by atoms with Crippen LogP contribution in [0.2, 0.25) is 0 Å². The number of pyridine rings is 1. The predicted molar refractivity (Wildman–Crippen MR) is 63.2 cm³/mol. The number of nitrogens with two attached hydrogens (primary N) is 2. The van der Waals surface area contributed by atoms with E-state index in [4.69, 9.17) is 11.5 Å². The lowest BCUT2D eigenvalue weighted by Crippen LogP contribution is -2.00. The highest BCUT2D eigenvalue weighted by molar-refractivity contribution is 5.83. The van der Waals surface area contributed by atoms with Crippen molar-refractivity contribution in [1.82, 2.24) is 4.98 Å². The van der Waals surface area contributed by atoms with Crippen LogP contribution in [0.1, 0.15) is 5.56 Å². The molecule has 2 rings (SSSR count). The van der Waals surface area contributed by atoms with Gasteiger partial charge in [-0.3, -0.25) is 4.98 Å². The van der Waals surface area contributed by atoms with E-state index >= 15 is 0 Å². The maximum Gasteiger partial charge on any atom is 0.167 e. The molecule has 0 aliphatic heterocycles. The average molecular weight is 235 g/mol. The number of nitrogens with zero attached hydrogens (tertiary/aromatic N) is 1. The summed E-state index contributed by atoms with van der Waals surface area (Å²) < 4.78 is 27.2. The number of halogens is 2. The molecule has 2 aromatic rings. The van der Waals surface area contributed by atoms with Gasteiger partial charge in [0.15, 0.2) is 11.6 Å². The first-order chi connectivity index (χ1) is 8.02. The highest BCUT2D eigenvalue weighted by Gasteiger charge is 2.15. The molecule has 0 saturated carbocycles. The van der Waals surface area contributed by atoms with Crippen LogP contribution in [0.25, 0.3) is 11.1 Å². The van der Waals surface area contributed by atoms with Crippen LogP contribution >= 0.6 is 0 Å². The Morgan fingerprint density at radius 3 is 2.41 bits per heavy atom. The molecular weight excluding hydrogens is 224 g/mol. The highest BCUT2D eigenvalue weighted by Crippen LogP contribution is 2.32. The fourth-order valence-corrected chi connectivity index (χ4v) is 1.56. The van der Waals surface area contributed by atoms with E-state index in [0.717, 1.165) is 0 Å². The number of hydrogen-bond donors (Lipinski definition) is 2. The van der Waals surface area contributed by atoms with Crippen molar-refractivity contribution in [2.45, 2.75) is 6.92 Å². The van der Waals surface area contributed by atoms with Gasteiger partial charge in [0.2, 0.25) is 0 Å². The largest absolute Gasteiger partial charge is 0.396 e. The Hall–Kier alpha value is -2.17. The molecule has 1 aromatic heterocycles. The van der Waals surface area contributed by atoms with Gasteiger partial charge in [0.1, 0.15) is 0 Å². The Kier molecular flexibility index (Phi) is 2.67. The van der Waals surface area contributed by atoms with Crippen molar-refractivity contribution in [3.63, 3.8) is 0 Å². The van der Waals surface area contributed by atoms with Crippen LogP contribution in [0.15, 0.2) is 24.5 Å². The van der Waals surface area contributed by atoms with Gasteiger partial charge in [0, 0.05) is 17.3 Å². The maximum absolute atomic E-state index is 13.8. The van der Waals surface area contributed by atoms with Crippen LogP contribution in [0.3, 0.4) is 0 Å². The van der Waals surface area contributed by atoms with Crippen LogP contribution < -0.4 is 11.5 Å². The first kappa shape index (κ1) is 11.3. The number of aryl methyl sites for hydroxylation is 1. The van der Waals surface area contributed by atoms with Gasteiger partial charge in [-0.1, -0.05) is 12.1 Å². The van der Waals surface area contributed by atoms with Gasteiger partial charge in [0.05, 0.1) is 17.6 Å². The number of aromatic nitrogens is 1. The van der Waals surface area contributed by atoms with E-state index in [-0.39, 0.29) is 22.5 Å². The van der Waals surface area contributed by atoms with Crippen molar-refractivity contribution in [3.05, 3.63) is 41.7 Å². The summed E-state index contributed by atoms with van der Waals surface area (Å²) in [7, 11) is 0. The number of nitrogen functional groups attached to an aromatic ring is 2. The van der Waals surface area contributed by atoms with Crippen molar-refractivity contribution >= 4 is 11.4 Å². The van der Waals surface area contributed by atoms with Gasteiger partial charge in [-0.25, -0.2) is 8.78 Å². The van der Waals surface area contributed by atoms with E-state index in [1.54, 1.807) is 0 Å². The molecule has 0 aliphatic carbocycles. The van der Waals surface area contributed by atoms with E-state index in [2.05, 4.69) is 4.98 Å². The summed E-state index contributed by atoms with van der Waals surface area (Å²) in [6.07, 6.45) is 2.72. The summed E-state index contributed by atoms with van der Waals surface area (Å²) in [5, 5.41) is 0. The molecule has 4 N–H and O–H groups in total. The molecule has 0 atom stereocenters. The Bertz CT molecular complexity index is 582. The summed E-state index contributed by atoms with van der Waals surface area (Å²) >= 11 is 0. The molecule has 17 heavy (non-hydrogen) atoms. The van der Waals surface area contributed by atoms with E-state index in [0.29, 0.717) is 5.56 Å². The Labute approximate surface area is 97.1 Å². The molecule has 0 bridgehead atoms. The zero-order chi connectivity index (χ0) is 12.6. The van der Waals surface area contributed by atoms with E-state index < -0.39 is 11.6 Å². The molecule has 0 amide bonds. The maximum atomic E-state index is 13.8. The second-order valence-electron chi connectivity index (χ2n) is 3.75. The molecule has 5 heteroatoms. The van der Waals surface area contributed by atoms with Crippen LogP contribution in [-0.2, 0) is 0 Å². The zero-order valence-electron chi connectivity index (χ0n) is 9.17. The van der Waals surface area contributed by atoms with E-state index in [1.165, 1.54) is 31.5 Å². The zero-order valence-corrected chi connectivity index (χ0v) is 9.17. The van der Waals surface area contributed by atoms with Gasteiger partial charge >= 0.3 is 0 Å². The minimum Gasteiger partial charge on any atom is -0.396 e. The quantitative estimate of drug-likeness (QED) is 0.798. The van der Waals surface area contributed by atoms with Crippen molar-refractivity contribution in [1.29, 1.82) is 0 Å². The Morgan fingerprint density at radius 2 is 1.71 bits per heavy atom. The van der Waals surface area contributed by atoms with Gasteiger partial charge in [-0.2, -0.15) is 0 Å². The molecule has 1 aromatic carbocycles. The summed E-state index contributed by atoms with van der Waals surface area (Å²) in [6, 6.07) is 2.94. The fourth-order valence-electron chi connectivity index (χ4n) is 1.56. The minimum absolute atomic E-state index is 0.0606. The van der Waals surface area contributed by atoms with Crippen molar-refractivity contribution in [3.8, 4) is 11.1 Å². The number of hydrogen-bond acceptors (Lipinski definition) is 3. The smallest absolute Gasteiger partial charge is 0.167 e. The van der Waals surface area contributed by atoms with E-state index in [9.17, 15) is 8.78 Å². The first-order valence-corrected chi connectivity index (χ1v) is 4.96. The minimum atomic E-state index is -0.941. The standard InChI is InChI=1S/C12H11F2N3/c1-6-2-3-7(11(14)10(6)13)8-4-17-5-9(15)12(8)16/h2-5H,15H2,1H3,(H2,16,17). The lowest BCUT2D eigenvalue weighted by molar-refractivity contribution is 0.505. The SMILES string of the molecule is Cc1ccc(-c2cncc(N)c2N)c(F)c1F. The molecule has 3 nitrogen and oxygen atoms in total. The van der Waals surface area contributed by atoms with E-state index in [1.807, 2.05) is 0 Å². The molecular formula is C12H11F2N3. The number of benzene rings is 1. The van der Waals surface area contributed by atoms with Gasteiger partial charge in [0.25, 0.3) is 0 Å². The molecule has 88 valence electrons. The molecule has 0 fully saturated rings. The Morgan fingerprint density at radius 1 is 1.00 bits per heavy atom. The normalized spacial score (nSPS) is 10.5. The number of anilines is 2. The van der Waals surface area contributed by atoms with Gasteiger partial charge < -0.3 is 11.5 Å². The third kappa shape index (κ3) is 1.80. The second-order valence-corrected chi connectivity index (χ2v) is 3.75. The Balaban J connectivity index is 2.69. The average Bonchev–Trinajstić information content (AvgIpc) is 2.31. The van der Waals surface area contributed by atoms with Crippen molar-refractivity contribution < 1.29 is 8.78 Å². The van der Waals surface area contributed by atoms with Crippen molar-refractivity contribution in [2.75, 3.05) is 11.5 Å². The third-order valence-electron chi connectivity index (χ3n) is 2.58.